The van der Waals surface area contributed by atoms with Gasteiger partial charge in [0.05, 0.1) is 43.7 Å². The van der Waals surface area contributed by atoms with Crippen LogP contribution in [-0.2, 0) is 9.53 Å². The molecule has 3 rings (SSSR count). The summed E-state index contributed by atoms with van der Waals surface area (Å²) >= 11 is 11.9. The van der Waals surface area contributed by atoms with Crippen LogP contribution < -0.4 is 19.7 Å². The number of esters is 1. The number of nitrogens with one attached hydrogen (secondary N) is 1. The summed E-state index contributed by atoms with van der Waals surface area (Å²) in [4.78, 5) is 14.4. The zero-order chi connectivity index (χ0) is 22.9. The number of benzene rings is 2. The van der Waals surface area contributed by atoms with E-state index in [-0.39, 0.29) is 5.82 Å². The number of thiocarbonyl (C=S) groups is 1. The molecule has 0 radical (unpaired) electrons. The highest BCUT2D eigenvalue weighted by molar-refractivity contribution is 7.80. The van der Waals surface area contributed by atoms with Gasteiger partial charge in [0.1, 0.15) is 5.82 Å². The van der Waals surface area contributed by atoms with Crippen LogP contribution in [0.5, 0.6) is 11.5 Å². The fraction of sp³-hybridized carbons (Fsp3) is 0.273. The zero-order valence-corrected chi connectivity index (χ0v) is 19.3. The second kappa shape index (κ2) is 9.11. The van der Waals surface area contributed by atoms with E-state index in [0.29, 0.717) is 49.7 Å². The van der Waals surface area contributed by atoms with Crippen molar-refractivity contribution >= 4 is 40.6 Å². The number of allylic oxidation sites excluding steroid dienone is 1. The summed E-state index contributed by atoms with van der Waals surface area (Å²) in [5.74, 6) is -0.145. The number of carbonyl (C=O) groups excluding carboxylic acids is 1. The molecule has 0 amide bonds. The molecule has 0 fully saturated rings. The van der Waals surface area contributed by atoms with Crippen molar-refractivity contribution in [2.24, 2.45) is 0 Å². The maximum absolute atomic E-state index is 14.2. The molecule has 0 saturated heterocycles. The third-order valence-electron chi connectivity index (χ3n) is 5.09. The highest BCUT2D eigenvalue weighted by Gasteiger charge is 2.36. The molecule has 1 aliphatic rings. The van der Waals surface area contributed by atoms with Gasteiger partial charge in [-0.15, -0.1) is 0 Å². The molecule has 9 heteroatoms. The Morgan fingerprint density at radius 2 is 1.87 bits per heavy atom. The van der Waals surface area contributed by atoms with Gasteiger partial charge in [0.2, 0.25) is 0 Å². The Kier molecular flexibility index (Phi) is 6.71. The van der Waals surface area contributed by atoms with E-state index in [9.17, 15) is 9.18 Å². The third kappa shape index (κ3) is 4.18. The quantitative estimate of drug-likeness (QED) is 0.509. The van der Waals surface area contributed by atoms with E-state index in [2.05, 4.69) is 5.32 Å². The lowest BCUT2D eigenvalue weighted by atomic mass is 9.94. The number of aryl methyl sites for hydroxylation is 1. The molecule has 0 aliphatic carbocycles. The van der Waals surface area contributed by atoms with Crippen LogP contribution in [0.4, 0.5) is 10.1 Å². The van der Waals surface area contributed by atoms with Gasteiger partial charge in [0.15, 0.2) is 16.6 Å². The summed E-state index contributed by atoms with van der Waals surface area (Å²) in [6, 6.07) is 7.47. The number of methoxy groups -OCH3 is 3. The van der Waals surface area contributed by atoms with E-state index in [0.717, 1.165) is 0 Å². The van der Waals surface area contributed by atoms with Gasteiger partial charge in [-0.25, -0.2) is 9.18 Å². The predicted molar refractivity (Wildman–Crippen MR) is 121 cm³/mol. The third-order valence-corrected chi connectivity index (χ3v) is 5.67. The van der Waals surface area contributed by atoms with Crippen LogP contribution in [0.25, 0.3) is 0 Å². The van der Waals surface area contributed by atoms with Crippen molar-refractivity contribution in [2.45, 2.75) is 19.9 Å². The Balaban J connectivity index is 2.18. The summed E-state index contributed by atoms with van der Waals surface area (Å²) in [5, 5.41) is 3.76. The minimum absolute atomic E-state index is 0.296. The molecule has 6 nitrogen and oxygen atoms in total. The van der Waals surface area contributed by atoms with E-state index in [1.54, 1.807) is 43.0 Å². The van der Waals surface area contributed by atoms with Crippen LogP contribution in [0.1, 0.15) is 24.1 Å². The number of carbonyl (C=O) groups is 1. The molecule has 0 aromatic heterocycles. The lowest BCUT2D eigenvalue weighted by molar-refractivity contribution is -0.136. The largest absolute Gasteiger partial charge is 0.493 e. The van der Waals surface area contributed by atoms with Crippen molar-refractivity contribution in [3.63, 3.8) is 0 Å². The number of hydrogen-bond donors (Lipinski definition) is 1. The summed E-state index contributed by atoms with van der Waals surface area (Å²) in [6.07, 6.45) is 0. The molecule has 1 heterocycles. The first kappa shape index (κ1) is 22.8. The Morgan fingerprint density at radius 3 is 2.45 bits per heavy atom. The molecule has 31 heavy (non-hydrogen) atoms. The van der Waals surface area contributed by atoms with Gasteiger partial charge in [0.25, 0.3) is 0 Å². The first-order valence-electron chi connectivity index (χ1n) is 9.30. The Bertz CT molecular complexity index is 1090. The minimum Gasteiger partial charge on any atom is -0.493 e. The van der Waals surface area contributed by atoms with Gasteiger partial charge < -0.3 is 19.5 Å². The second-order valence-corrected chi connectivity index (χ2v) is 7.67. The first-order valence-corrected chi connectivity index (χ1v) is 10.1. The predicted octanol–water partition coefficient (Wildman–Crippen LogP) is 4.69. The number of anilines is 1. The Hall–Kier alpha value is -2.84. The van der Waals surface area contributed by atoms with Crippen molar-refractivity contribution in [1.29, 1.82) is 0 Å². The lowest BCUT2D eigenvalue weighted by Crippen LogP contribution is -2.48. The van der Waals surface area contributed by atoms with E-state index in [1.165, 1.54) is 27.4 Å². The van der Waals surface area contributed by atoms with E-state index in [4.69, 9.17) is 38.0 Å². The molecule has 0 bridgehead atoms. The zero-order valence-electron chi connectivity index (χ0n) is 17.7. The van der Waals surface area contributed by atoms with Gasteiger partial charge >= 0.3 is 5.97 Å². The molecule has 1 unspecified atom stereocenters. The molecule has 164 valence electrons. The number of halogens is 2. The summed E-state index contributed by atoms with van der Waals surface area (Å²) < 4.78 is 29.9. The fourth-order valence-corrected chi connectivity index (χ4v) is 4.16. The molecule has 1 aliphatic heterocycles. The number of rotatable bonds is 5. The number of ether oxygens (including phenoxy) is 3. The lowest BCUT2D eigenvalue weighted by Gasteiger charge is -2.37. The van der Waals surface area contributed by atoms with Crippen molar-refractivity contribution in [3.05, 3.63) is 63.6 Å². The normalized spacial score (nSPS) is 16.2. The van der Waals surface area contributed by atoms with Crippen molar-refractivity contribution < 1.29 is 23.4 Å². The molecule has 1 N–H and O–H groups in total. The minimum atomic E-state index is -0.663. The maximum atomic E-state index is 14.2. The Labute approximate surface area is 190 Å². The van der Waals surface area contributed by atoms with Crippen LogP contribution in [0.2, 0.25) is 5.02 Å². The highest BCUT2D eigenvalue weighted by atomic mass is 35.5. The average Bonchev–Trinajstić information content (AvgIpc) is 2.74. The van der Waals surface area contributed by atoms with Crippen LogP contribution in [0.3, 0.4) is 0 Å². The summed E-state index contributed by atoms with van der Waals surface area (Å²) in [5.41, 5.74) is 2.44. The van der Waals surface area contributed by atoms with Gasteiger partial charge in [0, 0.05) is 5.70 Å². The summed E-state index contributed by atoms with van der Waals surface area (Å²) in [6.45, 7) is 3.40. The van der Waals surface area contributed by atoms with Crippen LogP contribution in [0.15, 0.2) is 41.6 Å². The molecular weight excluding hydrogens is 443 g/mol. The fourth-order valence-electron chi connectivity index (χ4n) is 3.50. The number of nitrogens with zero attached hydrogens (tertiary/aromatic N) is 1. The van der Waals surface area contributed by atoms with Gasteiger partial charge in [-0.1, -0.05) is 17.7 Å². The standard InChI is InChI=1S/C22H22ClFN2O4S/c1-11-6-7-14(10-16(11)24)26-12(2)18(21(27)30-5)19(25-22(26)31)13-8-15(23)20(29-4)17(9-13)28-3/h6-10,19H,1-5H3,(H,25,31). The monoisotopic (exact) mass is 464 g/mol. The first-order chi connectivity index (χ1) is 14.7. The summed E-state index contributed by atoms with van der Waals surface area (Å²) in [7, 11) is 4.27. The SMILES string of the molecule is COC(=O)C1=C(C)N(c2ccc(C)c(F)c2)C(=S)NC1c1cc(Cl)c(OC)c(OC)c1. The van der Waals surface area contributed by atoms with Crippen LogP contribution in [0, 0.1) is 12.7 Å². The van der Waals surface area contributed by atoms with Crippen LogP contribution >= 0.6 is 23.8 Å². The van der Waals surface area contributed by atoms with E-state index in [1.807, 2.05) is 0 Å². The van der Waals surface area contributed by atoms with Crippen molar-refractivity contribution in [1.82, 2.24) is 5.32 Å². The van der Waals surface area contributed by atoms with Crippen molar-refractivity contribution in [2.75, 3.05) is 26.2 Å². The smallest absolute Gasteiger partial charge is 0.337 e. The van der Waals surface area contributed by atoms with Gasteiger partial charge in [-0.3, -0.25) is 4.90 Å². The Morgan fingerprint density at radius 1 is 1.16 bits per heavy atom. The molecule has 1 atom stereocenters. The molecular formula is C22H22ClFN2O4S. The number of hydrogen-bond acceptors (Lipinski definition) is 5. The topological polar surface area (TPSA) is 60.0 Å². The van der Waals surface area contributed by atoms with E-state index >= 15 is 0 Å². The molecule has 0 spiro atoms. The van der Waals surface area contributed by atoms with Gasteiger partial charge in [-0.2, -0.15) is 0 Å². The maximum Gasteiger partial charge on any atom is 0.337 e. The highest BCUT2D eigenvalue weighted by Crippen LogP contribution is 2.41. The molecule has 2 aromatic rings. The van der Waals surface area contributed by atoms with Crippen molar-refractivity contribution in [3.8, 4) is 11.5 Å². The van der Waals surface area contributed by atoms with Gasteiger partial charge in [-0.05, 0) is 61.5 Å². The van der Waals surface area contributed by atoms with E-state index < -0.39 is 12.0 Å². The molecule has 0 saturated carbocycles. The molecule has 2 aromatic carbocycles. The second-order valence-electron chi connectivity index (χ2n) is 6.88. The van der Waals surface area contributed by atoms with Crippen LogP contribution in [-0.4, -0.2) is 32.4 Å². The average molecular weight is 465 g/mol.